The zero-order chi connectivity index (χ0) is 23.9. The van der Waals surface area contributed by atoms with Gasteiger partial charge in [0.1, 0.15) is 6.61 Å². The van der Waals surface area contributed by atoms with Crippen LogP contribution < -0.4 is 0 Å². The van der Waals surface area contributed by atoms with E-state index < -0.39 is 30.0 Å². The minimum absolute atomic E-state index is 0.0100. The van der Waals surface area contributed by atoms with Gasteiger partial charge in [-0.3, -0.25) is 9.59 Å². The minimum Gasteiger partial charge on any atom is -0.393 e. The van der Waals surface area contributed by atoms with Gasteiger partial charge in [-0.15, -0.1) is 0 Å². The molecule has 9 atom stereocenters. The molecule has 2 N–H and O–H groups in total. The van der Waals surface area contributed by atoms with Crippen molar-refractivity contribution in [2.45, 2.75) is 95.7 Å². The first-order chi connectivity index (χ1) is 16.2. The van der Waals surface area contributed by atoms with Gasteiger partial charge in [0.2, 0.25) is 0 Å². The molecule has 1 heterocycles. The second kappa shape index (κ2) is 7.83. The number of fused-ring (bicyclic) bond motifs is 7. The standard InChI is InChI=1S/C28H38O6/c1-26-11-10-18(30)12-17(26)8-9-19-20-13-23-28(22(32)15-29,27(20,2)14-21(31)24(19)26)34-25(33-23)16-6-4-3-5-7-16/h10-12,16,19-21,23-25,29,31H,3-9,13-15H2,1-2H3/t19-,20-,21?,23+,24+,25+,26-,27-,28+/m0/s1. The van der Waals surface area contributed by atoms with E-state index in [9.17, 15) is 19.8 Å². The molecule has 0 amide bonds. The smallest absolute Gasteiger partial charge is 0.193 e. The molecule has 34 heavy (non-hydrogen) atoms. The average molecular weight is 471 g/mol. The number of Topliss-reactive ketones (excluding diaryl/α,β-unsaturated/α-hetero) is 1. The highest BCUT2D eigenvalue weighted by Crippen LogP contribution is 2.70. The van der Waals surface area contributed by atoms with Crippen molar-refractivity contribution in [1.82, 2.24) is 0 Å². The number of carbonyl (C=O) groups excluding carboxylic acids is 2. The van der Waals surface area contributed by atoms with E-state index in [0.29, 0.717) is 6.42 Å². The molecule has 1 aliphatic heterocycles. The summed E-state index contributed by atoms with van der Waals surface area (Å²) in [7, 11) is 0. The highest BCUT2D eigenvalue weighted by molar-refractivity contribution is 6.01. The predicted octanol–water partition coefficient (Wildman–Crippen LogP) is 3.50. The van der Waals surface area contributed by atoms with Crippen LogP contribution in [0.3, 0.4) is 0 Å². The molecule has 6 nitrogen and oxygen atoms in total. The van der Waals surface area contributed by atoms with Crippen LogP contribution in [-0.4, -0.2) is 52.5 Å². The summed E-state index contributed by atoms with van der Waals surface area (Å²) in [6.45, 7) is 3.69. The second-order valence-corrected chi connectivity index (χ2v) is 12.3. The fourth-order valence-electron chi connectivity index (χ4n) is 9.33. The van der Waals surface area contributed by atoms with Crippen LogP contribution in [0, 0.1) is 34.5 Å². The Morgan fingerprint density at radius 3 is 2.68 bits per heavy atom. The number of carbonyl (C=O) groups is 2. The van der Waals surface area contributed by atoms with E-state index in [-0.39, 0.29) is 46.8 Å². The maximum absolute atomic E-state index is 13.5. The lowest BCUT2D eigenvalue weighted by atomic mass is 9.46. The van der Waals surface area contributed by atoms with E-state index in [1.165, 1.54) is 6.42 Å². The summed E-state index contributed by atoms with van der Waals surface area (Å²) >= 11 is 0. The number of rotatable bonds is 3. The van der Waals surface area contributed by atoms with Crippen molar-refractivity contribution < 1.29 is 29.3 Å². The van der Waals surface area contributed by atoms with Crippen molar-refractivity contribution in [2.75, 3.05) is 6.61 Å². The molecule has 5 fully saturated rings. The van der Waals surface area contributed by atoms with Gasteiger partial charge in [0.15, 0.2) is 23.5 Å². The molecule has 6 aliphatic rings. The molecule has 0 aromatic heterocycles. The minimum atomic E-state index is -1.20. The molecule has 6 rings (SSSR count). The Balaban J connectivity index is 1.37. The topological polar surface area (TPSA) is 93.1 Å². The van der Waals surface area contributed by atoms with Crippen LogP contribution in [0.25, 0.3) is 0 Å². The Kier molecular flexibility index (Phi) is 5.31. The van der Waals surface area contributed by atoms with E-state index in [1.807, 2.05) is 6.08 Å². The molecule has 1 saturated heterocycles. The van der Waals surface area contributed by atoms with Gasteiger partial charge >= 0.3 is 0 Å². The number of aliphatic hydroxyl groups is 2. The summed E-state index contributed by atoms with van der Waals surface area (Å²) in [5.74, 6) is 0.360. The molecule has 6 heteroatoms. The zero-order valence-corrected chi connectivity index (χ0v) is 20.4. The lowest BCUT2D eigenvalue weighted by Gasteiger charge is -2.59. The van der Waals surface area contributed by atoms with Crippen LogP contribution in [0.2, 0.25) is 0 Å². The monoisotopic (exact) mass is 470 g/mol. The van der Waals surface area contributed by atoms with Crippen LogP contribution in [0.15, 0.2) is 23.8 Å². The van der Waals surface area contributed by atoms with E-state index in [0.717, 1.165) is 50.5 Å². The maximum Gasteiger partial charge on any atom is 0.193 e. The number of ketones is 2. The number of ether oxygens (including phenoxy) is 2. The third kappa shape index (κ3) is 2.89. The Morgan fingerprint density at radius 2 is 1.94 bits per heavy atom. The molecule has 0 aromatic carbocycles. The SMILES string of the molecule is C[C@]12C=CC(=O)C=C1CC[C@@H]1[C@@H]2C(O)C[C@@]2(C)[C@H]1C[C@H]1O[C@@H](C3CCCCC3)O[C@]12C(=O)CO. The zero-order valence-electron chi connectivity index (χ0n) is 20.4. The lowest BCUT2D eigenvalue weighted by Crippen LogP contribution is -2.63. The molecule has 0 bridgehead atoms. The van der Waals surface area contributed by atoms with Crippen molar-refractivity contribution in [3.05, 3.63) is 23.8 Å². The molecule has 0 spiro atoms. The Labute approximate surface area is 201 Å². The fraction of sp³-hybridized carbons (Fsp3) is 0.786. The van der Waals surface area contributed by atoms with Crippen molar-refractivity contribution >= 4 is 11.6 Å². The molecule has 4 saturated carbocycles. The van der Waals surface area contributed by atoms with Crippen LogP contribution in [0.5, 0.6) is 0 Å². The lowest BCUT2D eigenvalue weighted by molar-refractivity contribution is -0.209. The van der Waals surface area contributed by atoms with E-state index in [4.69, 9.17) is 9.47 Å². The molecule has 5 aliphatic carbocycles. The fourth-order valence-corrected chi connectivity index (χ4v) is 9.33. The quantitative estimate of drug-likeness (QED) is 0.656. The van der Waals surface area contributed by atoms with Gasteiger partial charge in [0.25, 0.3) is 0 Å². The van der Waals surface area contributed by atoms with Crippen LogP contribution >= 0.6 is 0 Å². The largest absolute Gasteiger partial charge is 0.393 e. The summed E-state index contributed by atoms with van der Waals surface area (Å²) in [4.78, 5) is 25.6. The van der Waals surface area contributed by atoms with E-state index in [2.05, 4.69) is 13.8 Å². The highest BCUT2D eigenvalue weighted by Gasteiger charge is 2.76. The molecule has 1 unspecified atom stereocenters. The predicted molar refractivity (Wildman–Crippen MR) is 125 cm³/mol. The maximum atomic E-state index is 13.5. The second-order valence-electron chi connectivity index (χ2n) is 12.3. The third-order valence-electron chi connectivity index (χ3n) is 10.8. The van der Waals surface area contributed by atoms with Crippen LogP contribution in [0.4, 0.5) is 0 Å². The molecular weight excluding hydrogens is 432 g/mol. The summed E-state index contributed by atoms with van der Waals surface area (Å²) in [6, 6.07) is 0. The van der Waals surface area contributed by atoms with Crippen molar-refractivity contribution in [3.8, 4) is 0 Å². The third-order valence-corrected chi connectivity index (χ3v) is 10.8. The van der Waals surface area contributed by atoms with Gasteiger partial charge in [-0.25, -0.2) is 0 Å². The van der Waals surface area contributed by atoms with E-state index >= 15 is 0 Å². The number of aliphatic hydroxyl groups excluding tert-OH is 2. The Bertz CT molecular complexity index is 949. The normalized spacial score (nSPS) is 50.2. The first-order valence-electron chi connectivity index (χ1n) is 13.3. The first kappa shape index (κ1) is 23.1. The number of hydrogen-bond donors (Lipinski definition) is 2. The molecule has 186 valence electrons. The van der Waals surface area contributed by atoms with Crippen molar-refractivity contribution in [2.24, 2.45) is 34.5 Å². The Hall–Kier alpha value is -1.34. The van der Waals surface area contributed by atoms with Gasteiger partial charge < -0.3 is 19.7 Å². The molecular formula is C28H38O6. The van der Waals surface area contributed by atoms with Crippen LogP contribution in [-0.2, 0) is 19.1 Å². The first-order valence-corrected chi connectivity index (χ1v) is 13.3. The number of allylic oxidation sites excluding steroid dienone is 4. The summed E-state index contributed by atoms with van der Waals surface area (Å²) in [5, 5.41) is 21.7. The summed E-state index contributed by atoms with van der Waals surface area (Å²) in [5.41, 5.74) is -1.04. The van der Waals surface area contributed by atoms with Gasteiger partial charge in [-0.2, -0.15) is 0 Å². The van der Waals surface area contributed by atoms with Crippen LogP contribution in [0.1, 0.15) is 71.6 Å². The molecule has 0 aromatic rings. The Morgan fingerprint density at radius 1 is 1.18 bits per heavy atom. The molecule has 0 radical (unpaired) electrons. The summed E-state index contributed by atoms with van der Waals surface area (Å²) < 4.78 is 13.3. The van der Waals surface area contributed by atoms with E-state index in [1.54, 1.807) is 12.2 Å². The van der Waals surface area contributed by atoms with Gasteiger partial charge in [0, 0.05) is 22.7 Å². The van der Waals surface area contributed by atoms with Crippen molar-refractivity contribution in [1.29, 1.82) is 0 Å². The highest BCUT2D eigenvalue weighted by atomic mass is 16.7. The van der Waals surface area contributed by atoms with Crippen molar-refractivity contribution in [3.63, 3.8) is 0 Å². The average Bonchev–Trinajstić information content (AvgIpc) is 3.32. The van der Waals surface area contributed by atoms with Gasteiger partial charge in [-0.05, 0) is 62.5 Å². The summed E-state index contributed by atoms with van der Waals surface area (Å²) in [6.07, 6.45) is 12.5. The number of hydrogen-bond acceptors (Lipinski definition) is 6. The van der Waals surface area contributed by atoms with Gasteiger partial charge in [0.05, 0.1) is 12.2 Å². The van der Waals surface area contributed by atoms with Gasteiger partial charge in [-0.1, -0.05) is 44.8 Å².